The molecular formula is C16H20N4O3. The van der Waals surface area contributed by atoms with Gasteiger partial charge >= 0.3 is 0 Å². The van der Waals surface area contributed by atoms with Crippen molar-refractivity contribution >= 4 is 24.0 Å². The summed E-state index contributed by atoms with van der Waals surface area (Å²) in [5.41, 5.74) is 1.83. The summed E-state index contributed by atoms with van der Waals surface area (Å²) in [5.74, 6) is 0.935. The lowest BCUT2D eigenvalue weighted by Crippen LogP contribution is -2.31. The zero-order valence-electron chi connectivity index (χ0n) is 13.3. The van der Waals surface area contributed by atoms with Crippen LogP contribution in [0.4, 0.5) is 0 Å². The molecule has 1 fully saturated rings. The van der Waals surface area contributed by atoms with E-state index in [4.69, 9.17) is 4.74 Å². The molecule has 0 spiro atoms. The van der Waals surface area contributed by atoms with Crippen molar-refractivity contribution in [1.82, 2.24) is 19.9 Å². The van der Waals surface area contributed by atoms with E-state index in [1.54, 1.807) is 24.9 Å². The van der Waals surface area contributed by atoms with Gasteiger partial charge in [0.25, 0.3) is 6.47 Å². The number of carbonyl (C=O) groups excluding carboxylic acids is 2. The molecule has 1 amide bonds. The fraction of sp³-hybridized carbons (Fsp3) is 0.500. The van der Waals surface area contributed by atoms with Crippen molar-refractivity contribution in [2.75, 3.05) is 13.1 Å². The van der Waals surface area contributed by atoms with Crippen molar-refractivity contribution in [3.05, 3.63) is 23.7 Å². The molecule has 0 radical (unpaired) electrons. The van der Waals surface area contributed by atoms with Gasteiger partial charge in [-0.25, -0.2) is 9.97 Å². The van der Waals surface area contributed by atoms with Crippen molar-refractivity contribution in [1.29, 1.82) is 0 Å². The van der Waals surface area contributed by atoms with Crippen LogP contribution in [0.15, 0.2) is 12.3 Å². The van der Waals surface area contributed by atoms with Crippen LogP contribution in [-0.4, -0.2) is 45.8 Å². The molecule has 3 rings (SSSR count). The van der Waals surface area contributed by atoms with Crippen LogP contribution in [0.3, 0.4) is 0 Å². The molecule has 3 heterocycles. The van der Waals surface area contributed by atoms with Crippen LogP contribution in [0.25, 0.3) is 11.2 Å². The lowest BCUT2D eigenvalue weighted by Gasteiger charge is -2.29. The third kappa shape index (κ3) is 2.91. The highest BCUT2D eigenvalue weighted by Gasteiger charge is 2.28. The Hall–Kier alpha value is -2.44. The maximum Gasteiger partial charge on any atom is 0.294 e. The molecule has 1 saturated heterocycles. The van der Waals surface area contributed by atoms with Gasteiger partial charge < -0.3 is 14.6 Å². The molecular weight excluding hydrogens is 296 g/mol. The quantitative estimate of drug-likeness (QED) is 0.848. The number of likely N-dealkylation sites (tertiary alicyclic amines) is 1. The molecule has 0 aromatic carbocycles. The third-order valence-electron chi connectivity index (χ3n) is 4.46. The predicted octanol–water partition coefficient (Wildman–Crippen LogP) is 1.70. The zero-order valence-corrected chi connectivity index (χ0v) is 13.3. The number of nitrogens with zero attached hydrogens (tertiary/aromatic N) is 3. The molecule has 122 valence electrons. The Morgan fingerprint density at radius 2 is 2.09 bits per heavy atom. The molecule has 0 aliphatic carbocycles. The van der Waals surface area contributed by atoms with E-state index < -0.39 is 5.60 Å². The second-order valence-electron chi connectivity index (χ2n) is 6.32. The maximum absolute atomic E-state index is 10.8. The van der Waals surface area contributed by atoms with E-state index in [0.29, 0.717) is 23.9 Å². The summed E-state index contributed by atoms with van der Waals surface area (Å²) in [6.45, 7) is 5.51. The summed E-state index contributed by atoms with van der Waals surface area (Å²) in [4.78, 5) is 35.4. The minimum Gasteiger partial charge on any atom is -0.454 e. The molecule has 0 unspecified atom stereocenters. The first-order valence-electron chi connectivity index (χ1n) is 7.71. The van der Waals surface area contributed by atoms with Gasteiger partial charge in [-0.1, -0.05) is 0 Å². The van der Waals surface area contributed by atoms with Crippen LogP contribution >= 0.6 is 0 Å². The SMILES string of the molecule is CC(C)(OC=O)c1nc2nccc(C3CCN(C=O)CC3)c2[nH]1. The number of carbonyl (C=O) groups is 2. The average molecular weight is 316 g/mol. The van der Waals surface area contributed by atoms with Gasteiger partial charge in [0.15, 0.2) is 17.1 Å². The molecule has 7 nitrogen and oxygen atoms in total. The number of amides is 1. The molecule has 0 bridgehead atoms. The lowest BCUT2D eigenvalue weighted by atomic mass is 9.89. The van der Waals surface area contributed by atoms with Gasteiger partial charge in [0.05, 0.1) is 5.52 Å². The zero-order chi connectivity index (χ0) is 16.4. The highest BCUT2D eigenvalue weighted by atomic mass is 16.5. The van der Waals surface area contributed by atoms with Crippen LogP contribution < -0.4 is 0 Å². The standard InChI is InChI=1S/C16H20N4O3/c1-16(2,23-10-22)15-18-13-12(3-6-17-14(13)19-15)11-4-7-20(9-21)8-5-11/h3,6,9-11H,4-5,7-8H2,1-2H3,(H,17,18,19). The summed E-state index contributed by atoms with van der Waals surface area (Å²) in [7, 11) is 0. The van der Waals surface area contributed by atoms with Crippen LogP contribution in [0, 0.1) is 0 Å². The Morgan fingerprint density at radius 1 is 1.35 bits per heavy atom. The van der Waals surface area contributed by atoms with Crippen molar-refractivity contribution < 1.29 is 14.3 Å². The number of fused-ring (bicyclic) bond motifs is 1. The smallest absolute Gasteiger partial charge is 0.294 e. The number of pyridine rings is 1. The van der Waals surface area contributed by atoms with Gasteiger partial charge in [0.2, 0.25) is 6.41 Å². The van der Waals surface area contributed by atoms with Crippen molar-refractivity contribution in [3.63, 3.8) is 0 Å². The second-order valence-corrected chi connectivity index (χ2v) is 6.32. The summed E-state index contributed by atoms with van der Waals surface area (Å²) in [6.07, 6.45) is 4.49. The fourth-order valence-electron chi connectivity index (χ4n) is 3.05. The number of H-pyrrole nitrogens is 1. The number of piperidine rings is 1. The van der Waals surface area contributed by atoms with E-state index in [1.165, 1.54) is 0 Å². The number of aromatic amines is 1. The molecule has 0 saturated carbocycles. The maximum atomic E-state index is 10.8. The summed E-state index contributed by atoms with van der Waals surface area (Å²) < 4.78 is 5.11. The van der Waals surface area contributed by atoms with Crippen LogP contribution in [-0.2, 0) is 19.9 Å². The first-order chi connectivity index (χ1) is 11.0. The highest BCUT2D eigenvalue weighted by Crippen LogP contribution is 2.32. The molecule has 1 aliphatic rings. The van der Waals surface area contributed by atoms with Gasteiger partial charge in [-0.05, 0) is 44.2 Å². The number of imidazole rings is 1. The molecule has 2 aromatic heterocycles. The molecule has 0 atom stereocenters. The van der Waals surface area contributed by atoms with Crippen molar-refractivity contribution in [2.24, 2.45) is 0 Å². The Balaban J connectivity index is 1.94. The predicted molar refractivity (Wildman–Crippen MR) is 83.7 cm³/mol. The van der Waals surface area contributed by atoms with Gasteiger partial charge in [-0.15, -0.1) is 0 Å². The van der Waals surface area contributed by atoms with E-state index in [1.807, 2.05) is 6.07 Å². The molecule has 23 heavy (non-hydrogen) atoms. The Morgan fingerprint density at radius 3 is 2.74 bits per heavy atom. The van der Waals surface area contributed by atoms with Crippen molar-refractivity contribution in [3.8, 4) is 0 Å². The number of ether oxygens (including phenoxy) is 1. The molecule has 1 N–H and O–H groups in total. The van der Waals surface area contributed by atoms with Crippen LogP contribution in [0.2, 0.25) is 0 Å². The second kappa shape index (κ2) is 5.98. The summed E-state index contributed by atoms with van der Waals surface area (Å²) >= 11 is 0. The first kappa shape index (κ1) is 15.5. The van der Waals surface area contributed by atoms with Gasteiger partial charge in [-0.2, -0.15) is 0 Å². The number of nitrogens with one attached hydrogen (secondary N) is 1. The average Bonchev–Trinajstić information content (AvgIpc) is 3.00. The number of aromatic nitrogens is 3. The van der Waals surface area contributed by atoms with E-state index in [0.717, 1.165) is 43.4 Å². The Kier molecular flexibility index (Phi) is 4.02. The van der Waals surface area contributed by atoms with Gasteiger partial charge in [0.1, 0.15) is 0 Å². The van der Waals surface area contributed by atoms with E-state index in [-0.39, 0.29) is 0 Å². The topological polar surface area (TPSA) is 88.2 Å². The minimum atomic E-state index is -0.833. The minimum absolute atomic E-state index is 0.361. The fourth-order valence-corrected chi connectivity index (χ4v) is 3.05. The molecule has 7 heteroatoms. The largest absolute Gasteiger partial charge is 0.454 e. The monoisotopic (exact) mass is 316 g/mol. The van der Waals surface area contributed by atoms with Crippen LogP contribution in [0.1, 0.15) is 44.0 Å². The van der Waals surface area contributed by atoms with E-state index in [9.17, 15) is 9.59 Å². The van der Waals surface area contributed by atoms with Crippen molar-refractivity contribution in [2.45, 2.75) is 38.2 Å². The molecule has 1 aliphatic heterocycles. The van der Waals surface area contributed by atoms with E-state index >= 15 is 0 Å². The van der Waals surface area contributed by atoms with Gasteiger partial charge in [-0.3, -0.25) is 9.59 Å². The first-order valence-corrected chi connectivity index (χ1v) is 7.71. The molecule has 2 aromatic rings. The number of rotatable bonds is 5. The third-order valence-corrected chi connectivity index (χ3v) is 4.46. The normalized spacial score (nSPS) is 16.5. The summed E-state index contributed by atoms with van der Waals surface area (Å²) in [5, 5.41) is 0. The van der Waals surface area contributed by atoms with Gasteiger partial charge in [0, 0.05) is 19.3 Å². The lowest BCUT2D eigenvalue weighted by molar-refractivity contribution is -0.141. The van der Waals surface area contributed by atoms with Crippen LogP contribution in [0.5, 0.6) is 0 Å². The Bertz CT molecular complexity index is 717. The Labute approximate surface area is 134 Å². The number of hydrogen-bond acceptors (Lipinski definition) is 5. The summed E-state index contributed by atoms with van der Waals surface area (Å²) in [6, 6.07) is 2.00. The number of hydrogen-bond donors (Lipinski definition) is 1. The highest BCUT2D eigenvalue weighted by molar-refractivity contribution is 5.75. The van der Waals surface area contributed by atoms with E-state index in [2.05, 4.69) is 15.0 Å².